The molecular formula is C14H15N3O2. The van der Waals surface area contributed by atoms with Crippen LogP contribution in [0.3, 0.4) is 0 Å². The molecule has 0 saturated heterocycles. The third-order valence-corrected chi connectivity index (χ3v) is 2.52. The zero-order valence-electron chi connectivity index (χ0n) is 10.9. The van der Waals surface area contributed by atoms with Crippen molar-refractivity contribution in [3.8, 4) is 17.1 Å². The molecular weight excluding hydrogens is 242 g/mol. The van der Waals surface area contributed by atoms with Gasteiger partial charge >= 0.3 is 0 Å². The maximum Gasteiger partial charge on any atom is 0.259 e. The van der Waals surface area contributed by atoms with E-state index >= 15 is 0 Å². The maximum atomic E-state index is 11.4. The van der Waals surface area contributed by atoms with Gasteiger partial charge in [0.1, 0.15) is 5.75 Å². The Hall–Kier alpha value is -2.43. The van der Waals surface area contributed by atoms with Gasteiger partial charge in [-0.25, -0.2) is 0 Å². The molecule has 5 nitrogen and oxygen atoms in total. The van der Waals surface area contributed by atoms with Crippen molar-refractivity contribution < 1.29 is 9.53 Å². The highest BCUT2D eigenvalue weighted by atomic mass is 16.5. The summed E-state index contributed by atoms with van der Waals surface area (Å²) in [5.41, 5.74) is 1.57. The summed E-state index contributed by atoms with van der Waals surface area (Å²) in [6.07, 6.45) is 3.31. The molecule has 5 heteroatoms. The van der Waals surface area contributed by atoms with E-state index in [0.29, 0.717) is 5.75 Å². The molecule has 0 saturated carbocycles. The first kappa shape index (κ1) is 13.0. The number of likely N-dealkylation sites (N-methyl/N-ethyl adjacent to an activating group) is 1. The number of nitrogens with zero attached hydrogens (tertiary/aromatic N) is 3. The molecule has 0 aliphatic rings. The van der Waals surface area contributed by atoms with Gasteiger partial charge in [-0.2, -0.15) is 0 Å². The van der Waals surface area contributed by atoms with E-state index in [9.17, 15) is 4.79 Å². The Morgan fingerprint density at radius 1 is 1.16 bits per heavy atom. The Kier molecular flexibility index (Phi) is 4.07. The third-order valence-electron chi connectivity index (χ3n) is 2.52. The highest BCUT2D eigenvalue weighted by molar-refractivity contribution is 5.77. The SMILES string of the molecule is CN(C)C(=O)COc1ccc(-c2ccccn2)nc1. The van der Waals surface area contributed by atoms with E-state index in [1.165, 1.54) is 4.90 Å². The molecule has 0 radical (unpaired) electrons. The van der Waals surface area contributed by atoms with Crippen molar-refractivity contribution in [1.29, 1.82) is 0 Å². The molecule has 0 aliphatic heterocycles. The minimum atomic E-state index is -0.0891. The van der Waals surface area contributed by atoms with E-state index in [1.54, 1.807) is 32.6 Å². The van der Waals surface area contributed by atoms with E-state index in [4.69, 9.17) is 4.74 Å². The van der Waals surface area contributed by atoms with Crippen LogP contribution in [0.15, 0.2) is 42.7 Å². The lowest BCUT2D eigenvalue weighted by Crippen LogP contribution is -2.27. The summed E-state index contributed by atoms with van der Waals surface area (Å²) < 4.78 is 5.35. The number of hydrogen-bond donors (Lipinski definition) is 0. The zero-order chi connectivity index (χ0) is 13.7. The summed E-state index contributed by atoms with van der Waals surface area (Å²) in [5.74, 6) is 0.476. The van der Waals surface area contributed by atoms with Crippen LogP contribution in [-0.2, 0) is 4.79 Å². The summed E-state index contributed by atoms with van der Waals surface area (Å²) in [5, 5.41) is 0. The highest BCUT2D eigenvalue weighted by Crippen LogP contribution is 2.16. The number of aromatic nitrogens is 2. The van der Waals surface area contributed by atoms with Crippen molar-refractivity contribution in [3.05, 3.63) is 42.7 Å². The van der Waals surface area contributed by atoms with Crippen LogP contribution in [0.4, 0.5) is 0 Å². The number of pyridine rings is 2. The molecule has 98 valence electrons. The second-order valence-electron chi connectivity index (χ2n) is 4.17. The molecule has 19 heavy (non-hydrogen) atoms. The summed E-state index contributed by atoms with van der Waals surface area (Å²) in [4.78, 5) is 21.3. The predicted molar refractivity (Wildman–Crippen MR) is 71.7 cm³/mol. The van der Waals surface area contributed by atoms with Crippen LogP contribution in [0, 0.1) is 0 Å². The number of carbonyl (C=O) groups excluding carboxylic acids is 1. The summed E-state index contributed by atoms with van der Waals surface area (Å²) >= 11 is 0. The summed E-state index contributed by atoms with van der Waals surface area (Å²) in [6.45, 7) is 0.0115. The van der Waals surface area contributed by atoms with Gasteiger partial charge in [-0.15, -0.1) is 0 Å². The molecule has 0 N–H and O–H groups in total. The van der Waals surface area contributed by atoms with Gasteiger partial charge in [0.25, 0.3) is 5.91 Å². The number of carbonyl (C=O) groups is 1. The van der Waals surface area contributed by atoms with E-state index in [0.717, 1.165) is 11.4 Å². The molecule has 0 fully saturated rings. The smallest absolute Gasteiger partial charge is 0.259 e. The van der Waals surface area contributed by atoms with Crippen LogP contribution in [0.5, 0.6) is 5.75 Å². The molecule has 1 amide bonds. The first-order chi connectivity index (χ1) is 9.16. The molecule has 2 aromatic heterocycles. The van der Waals surface area contributed by atoms with Gasteiger partial charge in [0.2, 0.25) is 0 Å². The fourth-order valence-corrected chi connectivity index (χ4v) is 1.41. The molecule has 2 aromatic rings. The van der Waals surface area contributed by atoms with Gasteiger partial charge in [0.15, 0.2) is 6.61 Å². The topological polar surface area (TPSA) is 55.3 Å². The Labute approximate surface area is 111 Å². The normalized spacial score (nSPS) is 10.0. The van der Waals surface area contributed by atoms with Gasteiger partial charge in [-0.05, 0) is 24.3 Å². The van der Waals surface area contributed by atoms with Crippen molar-refractivity contribution in [2.24, 2.45) is 0 Å². The van der Waals surface area contributed by atoms with E-state index in [-0.39, 0.29) is 12.5 Å². The van der Waals surface area contributed by atoms with Gasteiger partial charge in [0, 0.05) is 20.3 Å². The number of ether oxygens (including phenoxy) is 1. The van der Waals surface area contributed by atoms with Gasteiger partial charge in [-0.3, -0.25) is 14.8 Å². The lowest BCUT2D eigenvalue weighted by molar-refractivity contribution is -0.130. The quantitative estimate of drug-likeness (QED) is 0.835. The largest absolute Gasteiger partial charge is 0.482 e. The second-order valence-corrected chi connectivity index (χ2v) is 4.17. The van der Waals surface area contributed by atoms with Gasteiger partial charge in [0.05, 0.1) is 17.6 Å². The molecule has 0 unspecified atom stereocenters. The minimum absolute atomic E-state index is 0.0115. The van der Waals surface area contributed by atoms with E-state index in [2.05, 4.69) is 9.97 Å². The first-order valence-corrected chi connectivity index (χ1v) is 5.87. The Bertz CT molecular complexity index is 538. The molecule has 0 spiro atoms. The molecule has 0 atom stereocenters. The molecule has 2 rings (SSSR count). The Morgan fingerprint density at radius 3 is 2.53 bits per heavy atom. The van der Waals surface area contributed by atoms with Crippen molar-refractivity contribution in [2.75, 3.05) is 20.7 Å². The van der Waals surface area contributed by atoms with Crippen LogP contribution >= 0.6 is 0 Å². The standard InChI is InChI=1S/C14H15N3O2/c1-17(2)14(18)10-19-11-6-7-13(16-9-11)12-5-3-4-8-15-12/h3-9H,10H2,1-2H3. The lowest BCUT2D eigenvalue weighted by Gasteiger charge is -2.11. The van der Waals surface area contributed by atoms with E-state index < -0.39 is 0 Å². The predicted octanol–water partition coefficient (Wildman–Crippen LogP) is 1.61. The van der Waals surface area contributed by atoms with E-state index in [1.807, 2.05) is 24.3 Å². The lowest BCUT2D eigenvalue weighted by atomic mass is 10.2. The van der Waals surface area contributed by atoms with Crippen molar-refractivity contribution in [2.45, 2.75) is 0 Å². The number of rotatable bonds is 4. The van der Waals surface area contributed by atoms with Crippen molar-refractivity contribution >= 4 is 5.91 Å². The zero-order valence-corrected chi connectivity index (χ0v) is 10.9. The van der Waals surface area contributed by atoms with Gasteiger partial charge < -0.3 is 9.64 Å². The van der Waals surface area contributed by atoms with Crippen molar-refractivity contribution in [1.82, 2.24) is 14.9 Å². The Balaban J connectivity index is 2.01. The molecule has 0 aromatic carbocycles. The molecule has 0 bridgehead atoms. The van der Waals surface area contributed by atoms with Crippen molar-refractivity contribution in [3.63, 3.8) is 0 Å². The fourth-order valence-electron chi connectivity index (χ4n) is 1.41. The highest BCUT2D eigenvalue weighted by Gasteiger charge is 2.05. The fraction of sp³-hybridized carbons (Fsp3) is 0.214. The summed E-state index contributed by atoms with van der Waals surface area (Å²) in [7, 11) is 3.38. The summed E-state index contributed by atoms with van der Waals surface area (Å²) in [6, 6.07) is 9.24. The monoisotopic (exact) mass is 257 g/mol. The minimum Gasteiger partial charge on any atom is -0.482 e. The number of amides is 1. The molecule has 0 aliphatic carbocycles. The van der Waals surface area contributed by atoms with Crippen LogP contribution in [0.1, 0.15) is 0 Å². The van der Waals surface area contributed by atoms with Crippen LogP contribution in [-0.4, -0.2) is 41.5 Å². The molecule has 2 heterocycles. The number of hydrogen-bond acceptors (Lipinski definition) is 4. The van der Waals surface area contributed by atoms with Crippen LogP contribution in [0.25, 0.3) is 11.4 Å². The van der Waals surface area contributed by atoms with Crippen LogP contribution < -0.4 is 4.74 Å². The van der Waals surface area contributed by atoms with Gasteiger partial charge in [-0.1, -0.05) is 6.07 Å². The average Bonchev–Trinajstić information content (AvgIpc) is 2.46. The van der Waals surface area contributed by atoms with Crippen LogP contribution in [0.2, 0.25) is 0 Å². The third kappa shape index (κ3) is 3.51. The first-order valence-electron chi connectivity index (χ1n) is 5.87. The maximum absolute atomic E-state index is 11.4. The Morgan fingerprint density at radius 2 is 1.95 bits per heavy atom. The average molecular weight is 257 g/mol. The second kappa shape index (κ2) is 5.95.